The monoisotopic (exact) mass is 281 g/mol. The minimum atomic E-state index is 0.594. The molecule has 0 saturated carbocycles. The third kappa shape index (κ3) is 3.51. The summed E-state index contributed by atoms with van der Waals surface area (Å²) < 4.78 is 1.84. The summed E-state index contributed by atoms with van der Waals surface area (Å²) in [6, 6.07) is 0. The van der Waals surface area contributed by atoms with Gasteiger partial charge in [-0.05, 0) is 26.1 Å². The zero-order chi connectivity index (χ0) is 13.0. The molecule has 5 nitrogen and oxygen atoms in total. The van der Waals surface area contributed by atoms with Gasteiger partial charge in [-0.25, -0.2) is 4.98 Å². The van der Waals surface area contributed by atoms with Gasteiger partial charge in [-0.3, -0.25) is 4.68 Å². The molecule has 2 rings (SSSR count). The average Bonchev–Trinajstić information content (AvgIpc) is 2.95. The van der Waals surface area contributed by atoms with E-state index >= 15 is 0 Å². The van der Waals surface area contributed by atoms with Crippen LogP contribution in [0.5, 0.6) is 0 Å². The highest BCUT2D eigenvalue weighted by Crippen LogP contribution is 2.11. The molecular formula is C11H15N5S2. The van der Waals surface area contributed by atoms with Crippen LogP contribution in [0, 0.1) is 6.92 Å². The summed E-state index contributed by atoms with van der Waals surface area (Å²) in [6.07, 6.45) is 5.55. The molecule has 0 spiro atoms. The highest BCUT2D eigenvalue weighted by molar-refractivity contribution is 7.80. The van der Waals surface area contributed by atoms with Crippen LogP contribution < -0.4 is 10.6 Å². The number of rotatable bonds is 4. The lowest BCUT2D eigenvalue weighted by Gasteiger charge is -2.07. The van der Waals surface area contributed by atoms with Crippen LogP contribution in [0.15, 0.2) is 18.6 Å². The first-order valence-corrected chi connectivity index (χ1v) is 6.88. The second-order valence-corrected chi connectivity index (χ2v) is 5.47. The number of hydrogen-bond donors (Lipinski definition) is 2. The van der Waals surface area contributed by atoms with E-state index in [0.717, 1.165) is 17.2 Å². The van der Waals surface area contributed by atoms with Crippen molar-refractivity contribution in [2.75, 3.05) is 5.32 Å². The Hall–Kier alpha value is -1.47. The van der Waals surface area contributed by atoms with E-state index in [1.54, 1.807) is 17.5 Å². The van der Waals surface area contributed by atoms with Gasteiger partial charge in [0.1, 0.15) is 0 Å². The van der Waals surface area contributed by atoms with Gasteiger partial charge in [0.25, 0.3) is 0 Å². The average molecular weight is 281 g/mol. The zero-order valence-corrected chi connectivity index (χ0v) is 11.9. The summed E-state index contributed by atoms with van der Waals surface area (Å²) in [4.78, 5) is 5.36. The van der Waals surface area contributed by atoms with Gasteiger partial charge in [-0.1, -0.05) is 0 Å². The van der Waals surface area contributed by atoms with Gasteiger partial charge in [0, 0.05) is 23.8 Å². The van der Waals surface area contributed by atoms with Crippen LogP contribution >= 0.6 is 23.6 Å². The number of thiocarbonyl (C=S) groups is 1. The zero-order valence-electron chi connectivity index (χ0n) is 10.3. The van der Waals surface area contributed by atoms with Crippen molar-refractivity contribution in [1.29, 1.82) is 0 Å². The molecule has 96 valence electrons. The summed E-state index contributed by atoms with van der Waals surface area (Å²) in [5, 5.41) is 12.1. The van der Waals surface area contributed by atoms with Gasteiger partial charge >= 0.3 is 0 Å². The van der Waals surface area contributed by atoms with Gasteiger partial charge < -0.3 is 10.6 Å². The van der Waals surface area contributed by atoms with Gasteiger partial charge in [-0.2, -0.15) is 5.10 Å². The maximum atomic E-state index is 5.21. The molecule has 7 heteroatoms. The topological polar surface area (TPSA) is 54.8 Å². The Balaban J connectivity index is 1.81. The quantitative estimate of drug-likeness (QED) is 0.841. The number of thiazole rings is 1. The molecular weight excluding hydrogens is 266 g/mol. The summed E-state index contributed by atoms with van der Waals surface area (Å²) >= 11 is 6.88. The lowest BCUT2D eigenvalue weighted by molar-refractivity contribution is 0.660. The van der Waals surface area contributed by atoms with Crippen LogP contribution in [-0.2, 0) is 13.1 Å². The first kappa shape index (κ1) is 13.0. The second-order valence-electron chi connectivity index (χ2n) is 3.74. The van der Waals surface area contributed by atoms with E-state index in [9.17, 15) is 0 Å². The van der Waals surface area contributed by atoms with Crippen molar-refractivity contribution in [2.24, 2.45) is 0 Å². The normalized spacial score (nSPS) is 10.3. The van der Waals surface area contributed by atoms with Gasteiger partial charge in [-0.15, -0.1) is 11.3 Å². The highest BCUT2D eigenvalue weighted by Gasteiger charge is 2.02. The minimum Gasteiger partial charge on any atom is -0.357 e. The van der Waals surface area contributed by atoms with Gasteiger partial charge in [0.15, 0.2) is 5.11 Å². The first-order chi connectivity index (χ1) is 8.67. The Labute approximate surface area is 115 Å². The van der Waals surface area contributed by atoms with Crippen LogP contribution in [0.3, 0.4) is 0 Å². The lowest BCUT2D eigenvalue weighted by Crippen LogP contribution is -2.27. The SMILES string of the molecule is CCn1cc(NC(=S)NCc2cnc(C)s2)cn1. The van der Waals surface area contributed by atoms with E-state index in [1.165, 1.54) is 4.88 Å². The molecule has 18 heavy (non-hydrogen) atoms. The maximum absolute atomic E-state index is 5.21. The lowest BCUT2D eigenvalue weighted by atomic mass is 10.5. The van der Waals surface area contributed by atoms with E-state index < -0.39 is 0 Å². The Morgan fingerprint density at radius 2 is 2.33 bits per heavy atom. The summed E-state index contributed by atoms with van der Waals surface area (Å²) in [5.74, 6) is 0. The molecule has 0 atom stereocenters. The van der Waals surface area contributed by atoms with E-state index in [-0.39, 0.29) is 0 Å². The second kappa shape index (κ2) is 5.92. The molecule has 2 aromatic rings. The highest BCUT2D eigenvalue weighted by atomic mass is 32.1. The number of hydrogen-bond acceptors (Lipinski definition) is 4. The summed E-state index contributed by atoms with van der Waals surface area (Å²) in [6.45, 7) is 5.57. The molecule has 0 radical (unpaired) electrons. The fourth-order valence-electron chi connectivity index (χ4n) is 1.43. The first-order valence-electron chi connectivity index (χ1n) is 5.66. The Kier molecular flexibility index (Phi) is 4.27. The Morgan fingerprint density at radius 3 is 2.94 bits per heavy atom. The molecule has 0 aliphatic carbocycles. The van der Waals surface area contributed by atoms with Gasteiger partial charge in [0.2, 0.25) is 0 Å². The van der Waals surface area contributed by atoms with Crippen molar-refractivity contribution in [1.82, 2.24) is 20.1 Å². The van der Waals surface area contributed by atoms with Gasteiger partial charge in [0.05, 0.1) is 23.4 Å². The number of nitrogens with zero attached hydrogens (tertiary/aromatic N) is 3. The van der Waals surface area contributed by atoms with E-state index in [0.29, 0.717) is 11.7 Å². The van der Waals surface area contributed by atoms with Crippen LogP contribution in [-0.4, -0.2) is 19.9 Å². The summed E-state index contributed by atoms with van der Waals surface area (Å²) in [5.41, 5.74) is 0.898. The van der Waals surface area contributed by atoms with Crippen LogP contribution in [0.25, 0.3) is 0 Å². The van der Waals surface area contributed by atoms with Crippen molar-refractivity contribution in [3.05, 3.63) is 28.5 Å². The van der Waals surface area contributed by atoms with E-state index in [1.807, 2.05) is 30.9 Å². The molecule has 0 saturated heterocycles. The fraction of sp³-hybridized carbons (Fsp3) is 0.364. The van der Waals surface area contributed by atoms with E-state index in [4.69, 9.17) is 12.2 Å². The summed E-state index contributed by atoms with van der Waals surface area (Å²) in [7, 11) is 0. The molecule has 0 fully saturated rings. The fourth-order valence-corrected chi connectivity index (χ4v) is 2.36. The Bertz CT molecular complexity index is 531. The van der Waals surface area contributed by atoms with Crippen LogP contribution in [0.2, 0.25) is 0 Å². The van der Waals surface area contributed by atoms with Crippen molar-refractivity contribution in [3.8, 4) is 0 Å². The predicted octanol–water partition coefficient (Wildman–Crippen LogP) is 2.15. The number of anilines is 1. The molecule has 0 aliphatic rings. The minimum absolute atomic E-state index is 0.594. The van der Waals surface area contributed by atoms with Crippen molar-refractivity contribution in [3.63, 3.8) is 0 Å². The molecule has 0 unspecified atom stereocenters. The van der Waals surface area contributed by atoms with Crippen LogP contribution in [0.1, 0.15) is 16.8 Å². The number of nitrogens with one attached hydrogen (secondary N) is 2. The van der Waals surface area contributed by atoms with Crippen molar-refractivity contribution >= 4 is 34.4 Å². The third-order valence-electron chi connectivity index (χ3n) is 2.31. The molecule has 2 aromatic heterocycles. The number of aryl methyl sites for hydroxylation is 2. The molecule has 2 N–H and O–H groups in total. The Morgan fingerprint density at radius 1 is 1.50 bits per heavy atom. The molecule has 2 heterocycles. The molecule has 0 amide bonds. The van der Waals surface area contributed by atoms with Crippen LogP contribution in [0.4, 0.5) is 5.69 Å². The van der Waals surface area contributed by atoms with E-state index in [2.05, 4.69) is 20.7 Å². The standard InChI is InChI=1S/C11H15N5S2/c1-3-16-7-9(4-14-16)15-11(17)13-6-10-5-12-8(2)18-10/h4-5,7H,3,6H2,1-2H3,(H2,13,15,17). The third-order valence-corrected chi connectivity index (χ3v) is 3.47. The number of aromatic nitrogens is 3. The van der Waals surface area contributed by atoms with Crippen molar-refractivity contribution in [2.45, 2.75) is 26.9 Å². The molecule has 0 bridgehead atoms. The smallest absolute Gasteiger partial charge is 0.171 e. The van der Waals surface area contributed by atoms with Crippen molar-refractivity contribution < 1.29 is 0 Å². The molecule has 0 aliphatic heterocycles. The molecule has 0 aromatic carbocycles. The predicted molar refractivity (Wildman–Crippen MR) is 77.8 cm³/mol. The largest absolute Gasteiger partial charge is 0.357 e. The maximum Gasteiger partial charge on any atom is 0.171 e.